The first-order chi connectivity index (χ1) is 24.9. The Bertz CT molecular complexity index is 2400. The fourth-order valence-electron chi connectivity index (χ4n) is 5.20. The van der Waals surface area contributed by atoms with Crippen LogP contribution in [0.4, 0.5) is 4.39 Å². The van der Waals surface area contributed by atoms with E-state index in [2.05, 4.69) is 0 Å². The number of rotatable bonds is 14. The van der Waals surface area contributed by atoms with Gasteiger partial charge in [-0.2, -0.15) is 4.31 Å². The SMILES string of the molecule is O=S(O)Cc1ccc(CN(Cc2cc(CCS(=O)(=O)c3cc(Cl)cc(Cl)c3O)cc(Oc3ccc(F)cc3)c2)S(=O)(=O)c2cc(Cl)cc(Cl)c2O)cc1. The van der Waals surface area contributed by atoms with Crippen molar-refractivity contribution < 1.29 is 44.9 Å². The quantitative estimate of drug-likeness (QED) is 0.0929. The summed E-state index contributed by atoms with van der Waals surface area (Å²) in [5.41, 5.74) is 1.69. The second-order valence-corrected chi connectivity index (χ2v) is 18.2. The van der Waals surface area contributed by atoms with Crippen molar-refractivity contribution in [1.29, 1.82) is 0 Å². The van der Waals surface area contributed by atoms with Crippen molar-refractivity contribution in [3.8, 4) is 23.0 Å². The average molecular weight is 864 g/mol. The molecule has 1 unspecified atom stereocenters. The summed E-state index contributed by atoms with van der Waals surface area (Å²) in [7, 11) is -8.75. The molecule has 0 spiro atoms. The molecular weight excluding hydrogens is 835 g/mol. The number of hydrogen-bond donors (Lipinski definition) is 3. The van der Waals surface area contributed by atoms with Crippen molar-refractivity contribution in [1.82, 2.24) is 4.31 Å². The van der Waals surface area contributed by atoms with Gasteiger partial charge in [0, 0.05) is 23.1 Å². The van der Waals surface area contributed by atoms with Crippen molar-refractivity contribution in [2.75, 3.05) is 5.75 Å². The molecular formula is C35H28Cl4FNO9S3. The lowest BCUT2D eigenvalue weighted by Crippen LogP contribution is -2.30. The number of sulfone groups is 1. The Balaban J connectivity index is 1.56. The van der Waals surface area contributed by atoms with Gasteiger partial charge in [0.1, 0.15) is 27.1 Å². The number of aryl methyl sites for hydroxylation is 1. The first kappa shape index (κ1) is 40.7. The van der Waals surface area contributed by atoms with E-state index in [-0.39, 0.29) is 56.9 Å². The van der Waals surface area contributed by atoms with Gasteiger partial charge in [-0.15, -0.1) is 0 Å². The molecule has 0 saturated heterocycles. The van der Waals surface area contributed by atoms with E-state index >= 15 is 0 Å². The van der Waals surface area contributed by atoms with Crippen LogP contribution in [0.25, 0.3) is 0 Å². The van der Waals surface area contributed by atoms with Crippen molar-refractivity contribution in [3.05, 3.63) is 139 Å². The van der Waals surface area contributed by atoms with Crippen LogP contribution in [-0.2, 0) is 56.2 Å². The summed E-state index contributed by atoms with van der Waals surface area (Å²) in [6, 6.07) is 20.5. The first-order valence-electron chi connectivity index (χ1n) is 15.2. The Morgan fingerprint density at radius 1 is 0.660 bits per heavy atom. The summed E-state index contributed by atoms with van der Waals surface area (Å²) >= 11 is 22.1. The number of phenols is 2. The summed E-state index contributed by atoms with van der Waals surface area (Å²) < 4.78 is 96.4. The molecule has 0 aliphatic rings. The van der Waals surface area contributed by atoms with Crippen molar-refractivity contribution in [2.24, 2.45) is 0 Å². The maximum atomic E-state index is 14.3. The van der Waals surface area contributed by atoms with Gasteiger partial charge >= 0.3 is 0 Å². The molecule has 1 atom stereocenters. The average Bonchev–Trinajstić information content (AvgIpc) is 3.08. The lowest BCUT2D eigenvalue weighted by Gasteiger charge is -2.24. The third kappa shape index (κ3) is 10.4. The predicted octanol–water partition coefficient (Wildman–Crippen LogP) is 8.77. The highest BCUT2D eigenvalue weighted by Gasteiger charge is 2.30. The number of nitrogens with zero attached hydrogens (tertiary/aromatic N) is 1. The minimum atomic E-state index is -4.58. The fourth-order valence-corrected chi connectivity index (χ4v) is 9.89. The second kappa shape index (κ2) is 16.9. The van der Waals surface area contributed by atoms with Gasteiger partial charge in [-0.25, -0.2) is 25.4 Å². The molecule has 10 nitrogen and oxygen atoms in total. The molecule has 0 heterocycles. The highest BCUT2D eigenvalue weighted by Crippen LogP contribution is 2.38. The van der Waals surface area contributed by atoms with E-state index in [4.69, 9.17) is 51.1 Å². The van der Waals surface area contributed by atoms with Crippen LogP contribution in [-0.4, -0.2) is 45.9 Å². The van der Waals surface area contributed by atoms with E-state index in [9.17, 15) is 40.2 Å². The Morgan fingerprint density at radius 2 is 1.19 bits per heavy atom. The number of ether oxygens (including phenoxy) is 1. The minimum absolute atomic E-state index is 0.00491. The van der Waals surface area contributed by atoms with Crippen molar-refractivity contribution in [3.63, 3.8) is 0 Å². The van der Waals surface area contributed by atoms with Gasteiger partial charge in [-0.1, -0.05) is 76.7 Å². The van der Waals surface area contributed by atoms with E-state index in [1.165, 1.54) is 48.5 Å². The van der Waals surface area contributed by atoms with Gasteiger partial charge in [-0.3, -0.25) is 0 Å². The molecule has 0 bridgehead atoms. The lowest BCUT2D eigenvalue weighted by molar-refractivity contribution is 0.393. The summed E-state index contributed by atoms with van der Waals surface area (Å²) in [6.07, 6.45) is -0.148. The van der Waals surface area contributed by atoms with Crippen LogP contribution in [0.15, 0.2) is 101 Å². The van der Waals surface area contributed by atoms with Crippen LogP contribution >= 0.6 is 46.4 Å². The zero-order chi connectivity index (χ0) is 38.7. The number of aromatic hydroxyl groups is 2. The van der Waals surface area contributed by atoms with Gasteiger partial charge in [-0.05, 0) is 89.3 Å². The van der Waals surface area contributed by atoms with Crippen LogP contribution in [0, 0.1) is 5.82 Å². The standard InChI is InChI=1S/C35H28Cl4FNO9S3/c36-25-14-30(38)34(42)32(16-25)52(46,47)10-9-23-11-24(13-29(12-23)50-28-7-5-27(40)6-8-28)19-41(18-21-1-3-22(4-2-21)20-51(44)45)53(48,49)33-17-26(37)15-31(39)35(33)43/h1-8,11-17,42-43H,9-10,18-20H2,(H,44,45). The monoisotopic (exact) mass is 861 g/mol. The van der Waals surface area contributed by atoms with E-state index in [0.29, 0.717) is 22.3 Å². The summed E-state index contributed by atoms with van der Waals surface area (Å²) in [4.78, 5) is -1.05. The van der Waals surface area contributed by atoms with E-state index in [1.807, 2.05) is 0 Å². The summed E-state index contributed by atoms with van der Waals surface area (Å²) in [5.74, 6) is -2.18. The first-order valence-corrected chi connectivity index (χ1v) is 21.1. The number of phenolic OH excluding ortho intramolecular Hbond substituents is 2. The largest absolute Gasteiger partial charge is 0.505 e. The molecule has 0 amide bonds. The highest BCUT2D eigenvalue weighted by molar-refractivity contribution is 7.91. The van der Waals surface area contributed by atoms with Crippen LogP contribution in [0.2, 0.25) is 20.1 Å². The van der Waals surface area contributed by atoms with Crippen molar-refractivity contribution in [2.45, 2.75) is 35.1 Å². The fraction of sp³-hybridized carbons (Fsp3) is 0.143. The number of benzene rings is 5. The van der Waals surface area contributed by atoms with E-state index < -0.39 is 63.8 Å². The van der Waals surface area contributed by atoms with E-state index in [0.717, 1.165) is 16.4 Å². The van der Waals surface area contributed by atoms with Crippen LogP contribution < -0.4 is 4.74 Å². The third-order valence-electron chi connectivity index (χ3n) is 7.71. The normalized spacial score (nSPS) is 12.6. The Morgan fingerprint density at radius 3 is 1.79 bits per heavy atom. The van der Waals surface area contributed by atoms with E-state index in [1.54, 1.807) is 30.3 Å². The smallest absolute Gasteiger partial charge is 0.247 e. The van der Waals surface area contributed by atoms with Gasteiger partial charge in [0.05, 0.1) is 21.6 Å². The Kier molecular flexibility index (Phi) is 13.0. The second-order valence-electron chi connectivity index (χ2n) is 11.6. The van der Waals surface area contributed by atoms with Gasteiger partial charge in [0.15, 0.2) is 32.4 Å². The lowest BCUT2D eigenvalue weighted by atomic mass is 10.1. The van der Waals surface area contributed by atoms with Crippen LogP contribution in [0.5, 0.6) is 23.0 Å². The molecule has 53 heavy (non-hydrogen) atoms. The predicted molar refractivity (Wildman–Crippen MR) is 202 cm³/mol. The third-order valence-corrected chi connectivity index (χ3v) is 12.8. The molecule has 5 aromatic carbocycles. The highest BCUT2D eigenvalue weighted by atomic mass is 35.5. The molecule has 0 aliphatic carbocycles. The molecule has 3 N–H and O–H groups in total. The minimum Gasteiger partial charge on any atom is -0.505 e. The summed E-state index contributed by atoms with van der Waals surface area (Å²) in [6.45, 7) is -0.630. The molecule has 0 saturated carbocycles. The molecule has 0 aromatic heterocycles. The molecule has 0 aliphatic heterocycles. The molecule has 5 rings (SSSR count). The molecule has 280 valence electrons. The summed E-state index contributed by atoms with van der Waals surface area (Å²) in [5, 5.41) is 20.5. The maximum Gasteiger partial charge on any atom is 0.247 e. The number of hydrogen-bond acceptors (Lipinski definition) is 8. The van der Waals surface area contributed by atoms with Gasteiger partial charge in [0.25, 0.3) is 0 Å². The topological polar surface area (TPSA) is 159 Å². The molecule has 0 radical (unpaired) electrons. The Labute approximate surface area is 327 Å². The van der Waals surface area contributed by atoms with Crippen molar-refractivity contribution >= 4 is 77.3 Å². The number of halogens is 5. The molecule has 5 aromatic rings. The van der Waals surface area contributed by atoms with Gasteiger partial charge < -0.3 is 19.5 Å². The maximum absolute atomic E-state index is 14.3. The molecule has 18 heteroatoms. The molecule has 0 fully saturated rings. The van der Waals surface area contributed by atoms with Gasteiger partial charge in [0.2, 0.25) is 10.0 Å². The van der Waals surface area contributed by atoms with Crippen LogP contribution in [0.3, 0.4) is 0 Å². The Hall–Kier alpha value is -3.44. The number of sulfonamides is 1. The van der Waals surface area contributed by atoms with Crippen LogP contribution in [0.1, 0.15) is 22.3 Å². The zero-order valence-electron chi connectivity index (χ0n) is 27.0. The zero-order valence-corrected chi connectivity index (χ0v) is 32.5.